The predicted molar refractivity (Wildman–Crippen MR) is 96.5 cm³/mol. The molecule has 6 heteroatoms. The molecule has 0 aromatic heterocycles. The molecule has 2 atom stereocenters. The van der Waals surface area contributed by atoms with E-state index in [0.717, 1.165) is 16.6 Å². The van der Waals surface area contributed by atoms with Crippen LogP contribution in [0.3, 0.4) is 0 Å². The van der Waals surface area contributed by atoms with Crippen molar-refractivity contribution < 1.29 is 14.3 Å². The number of fused-ring (bicyclic) bond motifs is 3. The summed E-state index contributed by atoms with van der Waals surface area (Å²) in [7, 11) is 0. The number of benzene rings is 1. The number of rotatable bonds is 4. The number of likely N-dealkylation sites (tertiary alicyclic amines) is 1. The van der Waals surface area contributed by atoms with Gasteiger partial charge in [-0.3, -0.25) is 4.79 Å². The molecule has 130 valence electrons. The largest absolute Gasteiger partial charge is 0.450 e. The van der Waals surface area contributed by atoms with E-state index in [1.165, 1.54) is 5.56 Å². The number of halogens is 1. The number of para-hydroxylation sites is 1. The number of nitrogens with zero attached hydrogens (tertiary/aromatic N) is 2. The van der Waals surface area contributed by atoms with Gasteiger partial charge in [-0.25, -0.2) is 4.79 Å². The molecule has 0 bridgehead atoms. The van der Waals surface area contributed by atoms with Gasteiger partial charge in [-0.2, -0.15) is 0 Å². The van der Waals surface area contributed by atoms with E-state index in [1.54, 1.807) is 4.90 Å². The number of hydrogen-bond donors (Lipinski definition) is 0. The molecule has 0 aliphatic carbocycles. The van der Waals surface area contributed by atoms with E-state index in [-0.39, 0.29) is 23.8 Å². The van der Waals surface area contributed by atoms with Crippen molar-refractivity contribution in [3.05, 3.63) is 28.2 Å². The van der Waals surface area contributed by atoms with Crippen molar-refractivity contribution in [2.75, 3.05) is 31.1 Å². The average molecular weight is 395 g/mol. The van der Waals surface area contributed by atoms with Crippen LogP contribution in [0, 0.1) is 0 Å². The fourth-order valence-corrected chi connectivity index (χ4v) is 4.41. The van der Waals surface area contributed by atoms with Gasteiger partial charge >= 0.3 is 6.09 Å². The van der Waals surface area contributed by atoms with Gasteiger partial charge in [0.2, 0.25) is 0 Å². The van der Waals surface area contributed by atoms with Gasteiger partial charge in [-0.05, 0) is 40.9 Å². The maximum absolute atomic E-state index is 12.1. The van der Waals surface area contributed by atoms with Crippen LogP contribution in [-0.2, 0) is 9.53 Å². The van der Waals surface area contributed by atoms with Gasteiger partial charge in [-0.1, -0.05) is 19.1 Å². The second kappa shape index (κ2) is 7.13. The Morgan fingerprint density at radius 1 is 1.33 bits per heavy atom. The Bertz CT molecular complexity index is 649. The van der Waals surface area contributed by atoms with Crippen molar-refractivity contribution in [2.45, 2.75) is 38.6 Å². The molecule has 5 nitrogen and oxygen atoms in total. The molecule has 0 unspecified atom stereocenters. The summed E-state index contributed by atoms with van der Waals surface area (Å²) in [5.41, 5.74) is 2.33. The molecule has 24 heavy (non-hydrogen) atoms. The Kier molecular flexibility index (Phi) is 5.13. The zero-order chi connectivity index (χ0) is 17.3. The number of piperidine rings is 1. The van der Waals surface area contributed by atoms with Crippen molar-refractivity contribution >= 4 is 33.5 Å². The number of carbonyl (C=O) groups excluding carboxylic acids is 2. The quantitative estimate of drug-likeness (QED) is 0.782. The molecule has 0 radical (unpaired) electrons. The normalized spacial score (nSPS) is 22.1. The first kappa shape index (κ1) is 17.3. The van der Waals surface area contributed by atoms with E-state index in [2.05, 4.69) is 26.9 Å². The monoisotopic (exact) mass is 394 g/mol. The summed E-state index contributed by atoms with van der Waals surface area (Å²) in [6.45, 7) is 5.87. The van der Waals surface area contributed by atoms with Crippen LogP contribution in [-0.4, -0.2) is 49.1 Å². The van der Waals surface area contributed by atoms with E-state index in [1.807, 2.05) is 26.0 Å². The lowest BCUT2D eigenvalue weighted by Gasteiger charge is -2.38. The standard InChI is InChI=1S/C18H23BrN2O3/c1-3-12(22)10-21-16-8-9-20(18(23)24-4-2)11-14(16)13-6-5-7-15(19)17(13)21/h5-7,14,16H,3-4,8-11H2,1-2H3/t14-,16-/m0/s1. The minimum absolute atomic E-state index is 0.223. The number of Topliss-reactive ketones (excluding diaryl/α,β-unsaturated/α-hetero) is 1. The van der Waals surface area contributed by atoms with Crippen molar-refractivity contribution in [1.82, 2.24) is 4.90 Å². The molecule has 2 heterocycles. The van der Waals surface area contributed by atoms with Crippen molar-refractivity contribution in [2.24, 2.45) is 0 Å². The first-order valence-corrected chi connectivity index (χ1v) is 9.34. The second-order valence-electron chi connectivity index (χ2n) is 6.31. The molecule has 2 aliphatic rings. The van der Waals surface area contributed by atoms with Gasteiger partial charge in [0.25, 0.3) is 0 Å². The van der Waals surface area contributed by atoms with Crippen LogP contribution in [0.15, 0.2) is 22.7 Å². The molecule has 1 amide bonds. The summed E-state index contributed by atoms with van der Waals surface area (Å²) in [6.07, 6.45) is 1.15. The SMILES string of the molecule is CCOC(=O)N1CC[C@H]2[C@@H](C1)c1cccc(Br)c1N2CC(=O)CC. The molecule has 1 aromatic carbocycles. The molecule has 0 N–H and O–H groups in total. The zero-order valence-corrected chi connectivity index (χ0v) is 15.7. The minimum atomic E-state index is -0.240. The molecule has 2 aliphatic heterocycles. The van der Waals surface area contributed by atoms with Crippen LogP contribution in [0.1, 0.15) is 38.2 Å². The van der Waals surface area contributed by atoms with E-state index in [0.29, 0.717) is 32.7 Å². The van der Waals surface area contributed by atoms with E-state index in [9.17, 15) is 9.59 Å². The Morgan fingerprint density at radius 3 is 2.83 bits per heavy atom. The van der Waals surface area contributed by atoms with Gasteiger partial charge < -0.3 is 14.5 Å². The first-order chi connectivity index (χ1) is 11.6. The Hall–Kier alpha value is -1.56. The molecule has 0 saturated carbocycles. The third kappa shape index (κ3) is 3.04. The Morgan fingerprint density at radius 2 is 2.12 bits per heavy atom. The second-order valence-corrected chi connectivity index (χ2v) is 7.16. The minimum Gasteiger partial charge on any atom is -0.450 e. The summed E-state index contributed by atoms with van der Waals surface area (Å²) in [6, 6.07) is 6.42. The molecular formula is C18H23BrN2O3. The third-order valence-electron chi connectivity index (χ3n) is 4.95. The van der Waals surface area contributed by atoms with Crippen LogP contribution in [0.4, 0.5) is 10.5 Å². The molecule has 1 aromatic rings. The van der Waals surface area contributed by atoms with E-state index >= 15 is 0 Å². The number of ether oxygens (including phenoxy) is 1. The average Bonchev–Trinajstić information content (AvgIpc) is 2.89. The molecule has 0 spiro atoms. The first-order valence-electron chi connectivity index (χ1n) is 8.55. The molecular weight excluding hydrogens is 372 g/mol. The highest BCUT2D eigenvalue weighted by molar-refractivity contribution is 9.10. The van der Waals surface area contributed by atoms with Gasteiger partial charge in [0.1, 0.15) is 0 Å². The summed E-state index contributed by atoms with van der Waals surface area (Å²) in [4.78, 5) is 28.2. The fourth-order valence-electron chi connectivity index (χ4n) is 3.80. The van der Waals surface area contributed by atoms with Crippen molar-refractivity contribution in [3.63, 3.8) is 0 Å². The predicted octanol–water partition coefficient (Wildman–Crippen LogP) is 3.56. The Labute approximate surface area is 151 Å². The fraction of sp³-hybridized carbons (Fsp3) is 0.556. The lowest BCUT2D eigenvalue weighted by atomic mass is 9.89. The van der Waals surface area contributed by atoms with Crippen molar-refractivity contribution in [3.8, 4) is 0 Å². The van der Waals surface area contributed by atoms with Crippen molar-refractivity contribution in [1.29, 1.82) is 0 Å². The highest BCUT2D eigenvalue weighted by atomic mass is 79.9. The molecule has 3 rings (SSSR count). The number of amides is 1. The van der Waals surface area contributed by atoms with Gasteiger partial charge in [0, 0.05) is 35.9 Å². The van der Waals surface area contributed by atoms with Gasteiger partial charge in [0.05, 0.1) is 18.8 Å². The maximum atomic E-state index is 12.1. The van der Waals surface area contributed by atoms with Crippen LogP contribution >= 0.6 is 15.9 Å². The lowest BCUT2D eigenvalue weighted by Crippen LogP contribution is -2.49. The molecule has 1 saturated heterocycles. The number of hydrogen-bond acceptors (Lipinski definition) is 4. The number of ketones is 1. The van der Waals surface area contributed by atoms with E-state index < -0.39 is 0 Å². The topological polar surface area (TPSA) is 49.9 Å². The van der Waals surface area contributed by atoms with Gasteiger partial charge in [-0.15, -0.1) is 0 Å². The summed E-state index contributed by atoms with van der Waals surface area (Å²) in [5.74, 6) is 0.463. The highest BCUT2D eigenvalue weighted by Gasteiger charge is 2.44. The Balaban J connectivity index is 1.90. The lowest BCUT2D eigenvalue weighted by molar-refractivity contribution is -0.117. The van der Waals surface area contributed by atoms with Crippen LogP contribution < -0.4 is 4.90 Å². The molecule has 1 fully saturated rings. The van der Waals surface area contributed by atoms with E-state index in [4.69, 9.17) is 4.74 Å². The smallest absolute Gasteiger partial charge is 0.409 e. The number of anilines is 1. The maximum Gasteiger partial charge on any atom is 0.409 e. The number of carbonyl (C=O) groups is 2. The zero-order valence-electron chi connectivity index (χ0n) is 14.1. The summed E-state index contributed by atoms with van der Waals surface area (Å²) < 4.78 is 6.18. The summed E-state index contributed by atoms with van der Waals surface area (Å²) >= 11 is 3.64. The third-order valence-corrected chi connectivity index (χ3v) is 5.59. The van der Waals surface area contributed by atoms with Crippen LogP contribution in [0.25, 0.3) is 0 Å². The van der Waals surface area contributed by atoms with Crippen LogP contribution in [0.5, 0.6) is 0 Å². The summed E-state index contributed by atoms with van der Waals surface area (Å²) in [5, 5.41) is 0. The van der Waals surface area contributed by atoms with Gasteiger partial charge in [0.15, 0.2) is 5.78 Å². The highest BCUT2D eigenvalue weighted by Crippen LogP contribution is 2.47. The van der Waals surface area contributed by atoms with Crippen LogP contribution in [0.2, 0.25) is 0 Å².